The number of carboxylic acid groups (broad SMARTS) is 1. The average Bonchev–Trinajstić information content (AvgIpc) is 2.56. The molecular formula is C9H7N3O4. The van der Waals surface area contributed by atoms with Crippen LogP contribution in [0.3, 0.4) is 0 Å². The van der Waals surface area contributed by atoms with Gasteiger partial charge in [-0.15, -0.1) is 0 Å². The van der Waals surface area contributed by atoms with E-state index < -0.39 is 11.0 Å². The Morgan fingerprint density at radius 2 is 2.31 bits per heavy atom. The maximum absolute atomic E-state index is 10.8. The average molecular weight is 221 g/mol. The molecule has 0 spiro atoms. The molecule has 0 atom stereocenters. The Morgan fingerprint density at radius 1 is 1.62 bits per heavy atom. The summed E-state index contributed by atoms with van der Waals surface area (Å²) in [6.07, 6.45) is 1.25. The lowest BCUT2D eigenvalue weighted by atomic mass is 10.2. The predicted octanol–water partition coefficient (Wildman–Crippen LogP) is 1.78. The summed E-state index contributed by atoms with van der Waals surface area (Å²) >= 11 is 0. The Bertz CT molecular complexity index is 602. The molecule has 2 rings (SSSR count). The predicted molar refractivity (Wildman–Crippen MR) is 54.5 cm³/mol. The van der Waals surface area contributed by atoms with Gasteiger partial charge in [0.05, 0.1) is 4.92 Å². The highest BCUT2D eigenvalue weighted by molar-refractivity contribution is 5.89. The van der Waals surface area contributed by atoms with Crippen LogP contribution >= 0.6 is 0 Å². The molecule has 0 aromatic carbocycles. The lowest BCUT2D eigenvalue weighted by molar-refractivity contribution is -0.385. The lowest BCUT2D eigenvalue weighted by Gasteiger charge is -1.96. The topological polar surface area (TPSA) is 98.3 Å². The fraction of sp³-hybridized carbons (Fsp3) is 0.111. The zero-order valence-corrected chi connectivity index (χ0v) is 8.25. The lowest BCUT2D eigenvalue weighted by Crippen LogP contribution is -2.06. The van der Waals surface area contributed by atoms with Gasteiger partial charge in [0.2, 0.25) is 0 Å². The zero-order chi connectivity index (χ0) is 11.9. The molecule has 1 N–H and O–H groups in total. The molecule has 0 aliphatic rings. The molecule has 0 bridgehead atoms. The Labute approximate surface area is 89.1 Å². The van der Waals surface area contributed by atoms with Gasteiger partial charge in [0.1, 0.15) is 11.8 Å². The molecule has 2 aromatic heterocycles. The van der Waals surface area contributed by atoms with Crippen LogP contribution < -0.4 is 0 Å². The van der Waals surface area contributed by atoms with Crippen LogP contribution in [0.4, 0.5) is 10.5 Å². The highest BCUT2D eigenvalue weighted by Gasteiger charge is 2.15. The fourth-order valence-electron chi connectivity index (χ4n) is 1.50. The molecule has 0 radical (unpaired) electrons. The van der Waals surface area contributed by atoms with E-state index in [-0.39, 0.29) is 11.3 Å². The third-order valence-electron chi connectivity index (χ3n) is 2.24. The van der Waals surface area contributed by atoms with E-state index in [1.165, 1.54) is 12.3 Å². The van der Waals surface area contributed by atoms with Gasteiger partial charge in [-0.1, -0.05) is 0 Å². The number of fused-ring (bicyclic) bond motifs is 1. The van der Waals surface area contributed by atoms with E-state index in [4.69, 9.17) is 5.11 Å². The van der Waals surface area contributed by atoms with E-state index in [0.717, 1.165) is 10.8 Å². The number of carbonyl (C=O) groups is 1. The van der Waals surface area contributed by atoms with Crippen molar-refractivity contribution in [2.24, 2.45) is 0 Å². The van der Waals surface area contributed by atoms with E-state index in [0.29, 0.717) is 10.9 Å². The summed E-state index contributed by atoms with van der Waals surface area (Å²) in [6.45, 7) is 1.67. The molecule has 82 valence electrons. The summed E-state index contributed by atoms with van der Waals surface area (Å²) in [5.74, 6) is 0. The van der Waals surface area contributed by atoms with Crippen molar-refractivity contribution in [3.63, 3.8) is 0 Å². The third kappa shape index (κ3) is 1.38. The second-order valence-corrected chi connectivity index (χ2v) is 3.29. The van der Waals surface area contributed by atoms with Crippen LogP contribution in [0.1, 0.15) is 5.56 Å². The first kappa shape index (κ1) is 10.1. The minimum absolute atomic E-state index is 0.154. The van der Waals surface area contributed by atoms with Gasteiger partial charge in [0, 0.05) is 17.6 Å². The Kier molecular flexibility index (Phi) is 2.08. The number of pyridine rings is 1. The van der Waals surface area contributed by atoms with Crippen LogP contribution in [0.15, 0.2) is 18.5 Å². The number of hydrogen-bond acceptors (Lipinski definition) is 4. The quantitative estimate of drug-likeness (QED) is 0.584. The summed E-state index contributed by atoms with van der Waals surface area (Å²) in [6, 6.07) is 1.32. The van der Waals surface area contributed by atoms with Gasteiger partial charge in [-0.2, -0.15) is 0 Å². The minimum Gasteiger partial charge on any atom is -0.464 e. The van der Waals surface area contributed by atoms with Gasteiger partial charge >= 0.3 is 6.09 Å². The third-order valence-corrected chi connectivity index (χ3v) is 2.24. The van der Waals surface area contributed by atoms with E-state index >= 15 is 0 Å². The van der Waals surface area contributed by atoms with Gasteiger partial charge in [0.25, 0.3) is 5.69 Å². The molecule has 0 saturated heterocycles. The number of aryl methyl sites for hydroxylation is 1. The van der Waals surface area contributed by atoms with Crippen molar-refractivity contribution < 1.29 is 14.8 Å². The van der Waals surface area contributed by atoms with Crippen LogP contribution in [0.25, 0.3) is 11.0 Å². The van der Waals surface area contributed by atoms with E-state index in [9.17, 15) is 14.9 Å². The summed E-state index contributed by atoms with van der Waals surface area (Å²) < 4.78 is 0.939. The summed E-state index contributed by atoms with van der Waals surface area (Å²) in [5.41, 5.74) is 0.683. The first-order valence-corrected chi connectivity index (χ1v) is 4.36. The number of aromatic nitrogens is 2. The summed E-state index contributed by atoms with van der Waals surface area (Å²) in [5, 5.41) is 19.9. The number of nitro groups is 1. The molecule has 7 nitrogen and oxygen atoms in total. The molecular weight excluding hydrogens is 214 g/mol. The van der Waals surface area contributed by atoms with Gasteiger partial charge in [-0.25, -0.2) is 14.3 Å². The maximum Gasteiger partial charge on any atom is 0.417 e. The molecule has 0 amide bonds. The highest BCUT2D eigenvalue weighted by Crippen LogP contribution is 2.22. The highest BCUT2D eigenvalue weighted by atomic mass is 16.6. The van der Waals surface area contributed by atoms with Crippen molar-refractivity contribution in [3.05, 3.63) is 34.1 Å². The largest absolute Gasteiger partial charge is 0.464 e. The molecule has 16 heavy (non-hydrogen) atoms. The Hall–Kier alpha value is -2.44. The summed E-state index contributed by atoms with van der Waals surface area (Å²) in [4.78, 5) is 24.6. The van der Waals surface area contributed by atoms with Crippen molar-refractivity contribution >= 4 is 22.8 Å². The van der Waals surface area contributed by atoms with Crippen molar-refractivity contribution in [3.8, 4) is 0 Å². The smallest absolute Gasteiger partial charge is 0.417 e. The number of nitrogens with zero attached hydrogens (tertiary/aromatic N) is 3. The van der Waals surface area contributed by atoms with Crippen molar-refractivity contribution in [1.29, 1.82) is 0 Å². The maximum atomic E-state index is 10.8. The van der Waals surface area contributed by atoms with E-state index in [2.05, 4.69) is 4.98 Å². The number of hydrogen-bond donors (Lipinski definition) is 1. The minimum atomic E-state index is -1.17. The first-order chi connectivity index (χ1) is 7.50. The molecule has 7 heteroatoms. The number of rotatable bonds is 1. The first-order valence-electron chi connectivity index (χ1n) is 4.36. The standard InChI is InChI=1S/C9H7N3O4/c1-5-4-11(9(13)14)8-7(5)2-6(3-10-8)12(15)16/h2-4H,1H3,(H,13,14). The second kappa shape index (κ2) is 3.30. The monoisotopic (exact) mass is 221 g/mol. The van der Waals surface area contributed by atoms with Gasteiger partial charge in [0.15, 0.2) is 0 Å². The molecule has 0 aliphatic heterocycles. The normalized spacial score (nSPS) is 10.6. The van der Waals surface area contributed by atoms with Crippen molar-refractivity contribution in [2.45, 2.75) is 6.92 Å². The van der Waals surface area contributed by atoms with Gasteiger partial charge in [-0.3, -0.25) is 10.1 Å². The van der Waals surface area contributed by atoms with Crippen LogP contribution in [0.2, 0.25) is 0 Å². The van der Waals surface area contributed by atoms with Crippen LogP contribution in [0.5, 0.6) is 0 Å². The van der Waals surface area contributed by atoms with Crippen molar-refractivity contribution in [2.75, 3.05) is 0 Å². The molecule has 0 aliphatic carbocycles. The fourth-order valence-corrected chi connectivity index (χ4v) is 1.50. The second-order valence-electron chi connectivity index (χ2n) is 3.29. The SMILES string of the molecule is Cc1cn(C(=O)O)c2ncc([N+](=O)[O-])cc12. The van der Waals surface area contributed by atoms with Crippen LogP contribution in [0, 0.1) is 17.0 Å². The van der Waals surface area contributed by atoms with Crippen LogP contribution in [-0.4, -0.2) is 25.7 Å². The zero-order valence-electron chi connectivity index (χ0n) is 8.25. The Morgan fingerprint density at radius 3 is 2.88 bits per heavy atom. The van der Waals surface area contributed by atoms with E-state index in [1.54, 1.807) is 6.92 Å². The molecule has 2 aromatic rings. The molecule has 0 fully saturated rings. The summed E-state index contributed by atoms with van der Waals surface area (Å²) in [7, 11) is 0. The molecule has 2 heterocycles. The van der Waals surface area contributed by atoms with Gasteiger partial charge in [-0.05, 0) is 12.5 Å². The Balaban J connectivity index is 2.76. The van der Waals surface area contributed by atoms with Crippen molar-refractivity contribution in [1.82, 2.24) is 9.55 Å². The van der Waals surface area contributed by atoms with Gasteiger partial charge < -0.3 is 5.11 Å². The molecule has 0 saturated carbocycles. The van der Waals surface area contributed by atoms with Crippen LogP contribution in [-0.2, 0) is 0 Å². The molecule has 0 unspecified atom stereocenters. The van der Waals surface area contributed by atoms with E-state index in [1.807, 2.05) is 0 Å².